The van der Waals surface area contributed by atoms with Crippen molar-refractivity contribution in [1.29, 1.82) is 0 Å². The van der Waals surface area contributed by atoms with Gasteiger partial charge in [0.25, 0.3) is 5.91 Å². The van der Waals surface area contributed by atoms with Gasteiger partial charge in [0.05, 0.1) is 11.9 Å². The Bertz CT molecular complexity index is 613. The van der Waals surface area contributed by atoms with E-state index in [4.69, 9.17) is 0 Å². The Morgan fingerprint density at radius 1 is 1.32 bits per heavy atom. The number of nitrogens with zero attached hydrogens (tertiary/aromatic N) is 3. The van der Waals surface area contributed by atoms with Gasteiger partial charge >= 0.3 is 0 Å². The number of hydrogen-bond acceptors (Lipinski definition) is 4. The van der Waals surface area contributed by atoms with Crippen molar-refractivity contribution >= 4 is 11.6 Å². The van der Waals surface area contributed by atoms with Crippen LogP contribution in [0.5, 0.6) is 5.75 Å². The molecule has 1 N–H and O–H groups in total. The molecule has 0 fully saturated rings. The fourth-order valence-corrected chi connectivity index (χ4v) is 2.38. The molecular weight excluding hydrogens is 242 g/mol. The molecule has 1 amide bonds. The van der Waals surface area contributed by atoms with Crippen molar-refractivity contribution in [3.8, 4) is 5.75 Å². The molecule has 2 heterocycles. The highest BCUT2D eigenvalue weighted by molar-refractivity contribution is 6.06. The molecule has 0 saturated heterocycles. The highest BCUT2D eigenvalue weighted by Crippen LogP contribution is 2.35. The van der Waals surface area contributed by atoms with Gasteiger partial charge in [-0.15, -0.1) is 0 Å². The van der Waals surface area contributed by atoms with Crippen LogP contribution in [0.15, 0.2) is 36.8 Å². The van der Waals surface area contributed by atoms with E-state index in [9.17, 15) is 9.90 Å². The monoisotopic (exact) mass is 255 g/mol. The zero-order chi connectivity index (χ0) is 13.2. The lowest BCUT2D eigenvalue weighted by molar-refractivity contribution is 0.0979. The maximum Gasteiger partial charge on any atom is 0.278 e. The van der Waals surface area contributed by atoms with Crippen LogP contribution in [-0.4, -0.2) is 27.5 Å². The van der Waals surface area contributed by atoms with E-state index < -0.39 is 0 Å². The number of anilines is 1. The predicted octanol–water partition coefficient (Wildman–Crippen LogP) is 1.78. The number of aromatic hydroxyl groups is 1. The van der Waals surface area contributed by atoms with Crippen molar-refractivity contribution in [1.82, 2.24) is 9.97 Å². The summed E-state index contributed by atoms with van der Waals surface area (Å²) in [5.41, 5.74) is 1.88. The van der Waals surface area contributed by atoms with Crippen LogP contribution < -0.4 is 4.90 Å². The van der Waals surface area contributed by atoms with Gasteiger partial charge < -0.3 is 10.0 Å². The Morgan fingerprint density at radius 3 is 3.00 bits per heavy atom. The molecule has 3 rings (SSSR count). The first-order chi connectivity index (χ1) is 9.27. The summed E-state index contributed by atoms with van der Waals surface area (Å²) in [5, 5.41) is 9.99. The molecule has 96 valence electrons. The summed E-state index contributed by atoms with van der Waals surface area (Å²) in [5.74, 6) is -0.0926. The number of carbonyl (C=O) groups is 1. The van der Waals surface area contributed by atoms with Crippen molar-refractivity contribution in [2.75, 3.05) is 11.4 Å². The number of aromatic nitrogens is 2. The molecular formula is C14H13N3O2. The van der Waals surface area contributed by atoms with E-state index in [1.54, 1.807) is 17.0 Å². The molecule has 1 aromatic heterocycles. The Balaban J connectivity index is 2.03. The van der Waals surface area contributed by atoms with E-state index in [1.165, 1.54) is 18.6 Å². The fourth-order valence-electron chi connectivity index (χ4n) is 2.38. The lowest BCUT2D eigenvalue weighted by Gasteiger charge is -2.29. The van der Waals surface area contributed by atoms with E-state index in [-0.39, 0.29) is 11.7 Å². The summed E-state index contributed by atoms with van der Waals surface area (Å²) in [6, 6.07) is 5.33. The highest BCUT2D eigenvalue weighted by Gasteiger charge is 2.26. The standard InChI is InChI=1S/C14H13N3O2/c18-12-5-1-3-10-4-2-8-17(13(10)12)14(19)11-9-15-6-7-16-11/h1,3,5-7,9,18H,2,4,8H2. The van der Waals surface area contributed by atoms with Crippen LogP contribution in [0.2, 0.25) is 0 Å². The van der Waals surface area contributed by atoms with E-state index in [0.29, 0.717) is 17.9 Å². The first-order valence-corrected chi connectivity index (χ1v) is 6.16. The zero-order valence-corrected chi connectivity index (χ0v) is 10.3. The van der Waals surface area contributed by atoms with Gasteiger partial charge in [-0.1, -0.05) is 12.1 Å². The Hall–Kier alpha value is -2.43. The number of aryl methyl sites for hydroxylation is 1. The Morgan fingerprint density at radius 2 is 2.21 bits per heavy atom. The van der Waals surface area contributed by atoms with E-state index in [2.05, 4.69) is 9.97 Å². The normalized spacial score (nSPS) is 14.0. The summed E-state index contributed by atoms with van der Waals surface area (Å²) in [6.45, 7) is 0.583. The summed E-state index contributed by atoms with van der Waals surface area (Å²) >= 11 is 0. The van der Waals surface area contributed by atoms with E-state index in [1.807, 2.05) is 6.07 Å². The average molecular weight is 255 g/mol. The predicted molar refractivity (Wildman–Crippen MR) is 70.1 cm³/mol. The fraction of sp³-hybridized carbons (Fsp3) is 0.214. The lowest BCUT2D eigenvalue weighted by Crippen LogP contribution is -2.36. The zero-order valence-electron chi connectivity index (χ0n) is 10.3. The minimum atomic E-state index is -0.226. The first kappa shape index (κ1) is 11.6. The summed E-state index contributed by atoms with van der Waals surface area (Å²) in [7, 11) is 0. The third-order valence-electron chi connectivity index (χ3n) is 3.22. The number of carbonyl (C=O) groups excluding carboxylic acids is 1. The van der Waals surface area contributed by atoms with Gasteiger partial charge in [-0.05, 0) is 24.5 Å². The number of para-hydroxylation sites is 1. The van der Waals surface area contributed by atoms with Crippen LogP contribution >= 0.6 is 0 Å². The third-order valence-corrected chi connectivity index (χ3v) is 3.22. The number of phenols is 1. The molecule has 0 unspecified atom stereocenters. The average Bonchev–Trinajstić information content (AvgIpc) is 2.47. The second-order valence-electron chi connectivity index (χ2n) is 4.44. The van der Waals surface area contributed by atoms with Crippen LogP contribution in [0.1, 0.15) is 22.5 Å². The maximum absolute atomic E-state index is 12.4. The molecule has 1 aliphatic heterocycles. The topological polar surface area (TPSA) is 66.3 Å². The molecule has 1 aliphatic rings. The highest BCUT2D eigenvalue weighted by atomic mass is 16.3. The Labute approximate surface area is 110 Å². The smallest absolute Gasteiger partial charge is 0.278 e. The molecule has 0 radical (unpaired) electrons. The van der Waals surface area contributed by atoms with E-state index in [0.717, 1.165) is 18.4 Å². The molecule has 5 nitrogen and oxygen atoms in total. The number of benzene rings is 1. The van der Waals surface area contributed by atoms with Crippen LogP contribution in [0, 0.1) is 0 Å². The van der Waals surface area contributed by atoms with Crippen molar-refractivity contribution in [2.24, 2.45) is 0 Å². The second kappa shape index (κ2) is 4.68. The van der Waals surface area contributed by atoms with Gasteiger partial charge in [0.2, 0.25) is 0 Å². The maximum atomic E-state index is 12.4. The van der Waals surface area contributed by atoms with Crippen LogP contribution in [-0.2, 0) is 6.42 Å². The van der Waals surface area contributed by atoms with Crippen LogP contribution in [0.25, 0.3) is 0 Å². The first-order valence-electron chi connectivity index (χ1n) is 6.16. The molecule has 5 heteroatoms. The van der Waals surface area contributed by atoms with Crippen molar-refractivity contribution in [3.05, 3.63) is 48.0 Å². The summed E-state index contributed by atoms with van der Waals surface area (Å²) in [4.78, 5) is 21.9. The largest absolute Gasteiger partial charge is 0.506 e. The van der Waals surface area contributed by atoms with E-state index >= 15 is 0 Å². The summed E-state index contributed by atoms with van der Waals surface area (Å²) in [6.07, 6.45) is 6.20. The molecule has 0 atom stereocenters. The number of amides is 1. The minimum absolute atomic E-state index is 0.134. The van der Waals surface area contributed by atoms with Gasteiger partial charge in [-0.25, -0.2) is 4.98 Å². The molecule has 19 heavy (non-hydrogen) atoms. The molecule has 0 bridgehead atoms. The SMILES string of the molecule is O=C(c1cnccn1)N1CCCc2cccc(O)c21. The van der Waals surface area contributed by atoms with Gasteiger partial charge in [-0.2, -0.15) is 0 Å². The Kier molecular flexibility index (Phi) is 2.87. The van der Waals surface area contributed by atoms with Crippen LogP contribution in [0.3, 0.4) is 0 Å². The number of rotatable bonds is 1. The second-order valence-corrected chi connectivity index (χ2v) is 4.44. The number of fused-ring (bicyclic) bond motifs is 1. The van der Waals surface area contributed by atoms with Crippen LogP contribution in [0.4, 0.5) is 5.69 Å². The molecule has 0 spiro atoms. The summed E-state index contributed by atoms with van der Waals surface area (Å²) < 4.78 is 0. The van der Waals surface area contributed by atoms with Crippen molar-refractivity contribution < 1.29 is 9.90 Å². The number of hydrogen-bond donors (Lipinski definition) is 1. The molecule has 0 aliphatic carbocycles. The van der Waals surface area contributed by atoms with Crippen molar-refractivity contribution in [2.45, 2.75) is 12.8 Å². The van der Waals surface area contributed by atoms with Gasteiger partial charge in [0.1, 0.15) is 11.4 Å². The lowest BCUT2D eigenvalue weighted by atomic mass is 10.0. The van der Waals surface area contributed by atoms with Gasteiger partial charge in [-0.3, -0.25) is 9.78 Å². The molecule has 0 saturated carbocycles. The molecule has 2 aromatic rings. The minimum Gasteiger partial charge on any atom is -0.506 e. The van der Waals surface area contributed by atoms with Gasteiger partial charge in [0, 0.05) is 18.9 Å². The van der Waals surface area contributed by atoms with Crippen molar-refractivity contribution in [3.63, 3.8) is 0 Å². The molecule has 1 aromatic carbocycles. The third kappa shape index (κ3) is 2.03. The quantitative estimate of drug-likeness (QED) is 0.843. The number of phenolic OH excluding ortho intramolecular Hbond substituents is 1. The van der Waals surface area contributed by atoms with Gasteiger partial charge in [0.15, 0.2) is 0 Å².